The van der Waals surface area contributed by atoms with E-state index in [1.165, 1.54) is 67.0 Å². The molecule has 0 spiro atoms. The number of rotatable bonds is 8. The third-order valence-electron chi connectivity index (χ3n) is 4.70. The molecule has 0 saturated heterocycles. The highest BCUT2D eigenvalue weighted by molar-refractivity contribution is 7.89. The fourth-order valence-electron chi connectivity index (χ4n) is 3.04. The predicted molar refractivity (Wildman–Crippen MR) is 119 cm³/mol. The van der Waals surface area contributed by atoms with Gasteiger partial charge in [-0.25, -0.2) is 8.42 Å². The molecule has 32 heavy (non-hydrogen) atoms. The average Bonchev–Trinajstić information content (AvgIpc) is 2.79. The summed E-state index contributed by atoms with van der Waals surface area (Å²) in [7, 11) is -0.849. The number of non-ortho nitro benzene ring substituents is 1. The second-order valence-corrected chi connectivity index (χ2v) is 8.91. The van der Waals surface area contributed by atoms with E-state index in [0.29, 0.717) is 11.3 Å². The number of anilines is 1. The number of sulfonamides is 1. The lowest BCUT2D eigenvalue weighted by molar-refractivity contribution is -0.384. The number of methoxy groups -OCH3 is 1. The lowest BCUT2D eigenvalue weighted by atomic mass is 10.1. The number of hydrogen-bond acceptors (Lipinski definition) is 6. The molecular formula is C22H21N3O6S. The van der Waals surface area contributed by atoms with E-state index in [1.807, 2.05) is 0 Å². The van der Waals surface area contributed by atoms with Crippen LogP contribution in [0.25, 0.3) is 0 Å². The molecule has 3 aromatic rings. The SMILES string of the molecule is COc1ccc(C(=O)Nc2cccc([N+](=O)[O-])c2)cc1CN(C)S(=O)(=O)c1ccccc1. The summed E-state index contributed by atoms with van der Waals surface area (Å²) in [6.45, 7) is -0.0294. The van der Waals surface area contributed by atoms with Crippen molar-refractivity contribution < 1.29 is 22.9 Å². The van der Waals surface area contributed by atoms with Crippen LogP contribution in [0, 0.1) is 10.1 Å². The minimum absolute atomic E-state index is 0.0294. The van der Waals surface area contributed by atoms with Gasteiger partial charge >= 0.3 is 0 Å². The molecule has 0 atom stereocenters. The van der Waals surface area contributed by atoms with Crippen LogP contribution >= 0.6 is 0 Å². The van der Waals surface area contributed by atoms with E-state index in [4.69, 9.17) is 4.74 Å². The summed E-state index contributed by atoms with van der Waals surface area (Å²) >= 11 is 0. The second kappa shape index (κ2) is 9.58. The third kappa shape index (κ3) is 5.10. The van der Waals surface area contributed by atoms with E-state index in [0.717, 1.165) is 0 Å². The van der Waals surface area contributed by atoms with Crippen LogP contribution in [0.2, 0.25) is 0 Å². The molecule has 0 aliphatic carbocycles. The van der Waals surface area contributed by atoms with Gasteiger partial charge in [0, 0.05) is 42.5 Å². The summed E-state index contributed by atoms with van der Waals surface area (Å²) in [5, 5.41) is 13.5. The number of carbonyl (C=O) groups excluding carboxylic acids is 1. The van der Waals surface area contributed by atoms with Crippen LogP contribution in [0.5, 0.6) is 5.75 Å². The fourth-order valence-corrected chi connectivity index (χ4v) is 4.21. The van der Waals surface area contributed by atoms with Crippen LogP contribution in [0.1, 0.15) is 15.9 Å². The van der Waals surface area contributed by atoms with E-state index in [-0.39, 0.29) is 28.4 Å². The lowest BCUT2D eigenvalue weighted by Crippen LogP contribution is -2.27. The van der Waals surface area contributed by atoms with Gasteiger partial charge in [-0.15, -0.1) is 0 Å². The molecule has 1 amide bonds. The molecule has 0 heterocycles. The van der Waals surface area contributed by atoms with Gasteiger partial charge in [-0.05, 0) is 36.4 Å². The first-order valence-electron chi connectivity index (χ1n) is 9.46. The number of nitrogens with one attached hydrogen (secondary N) is 1. The molecule has 0 aliphatic rings. The normalized spacial score (nSPS) is 11.2. The number of carbonyl (C=O) groups is 1. The zero-order valence-electron chi connectivity index (χ0n) is 17.4. The number of hydrogen-bond donors (Lipinski definition) is 1. The second-order valence-electron chi connectivity index (χ2n) is 6.86. The van der Waals surface area contributed by atoms with Gasteiger partial charge < -0.3 is 10.1 Å². The number of nitro groups is 1. The molecule has 0 aromatic heterocycles. The molecule has 0 aliphatic heterocycles. The molecule has 3 rings (SSSR count). The Labute approximate surface area is 185 Å². The summed E-state index contributed by atoms with van der Waals surface area (Å²) in [5.74, 6) is -0.0741. The highest BCUT2D eigenvalue weighted by Gasteiger charge is 2.22. The van der Waals surface area contributed by atoms with E-state index in [9.17, 15) is 23.3 Å². The Balaban J connectivity index is 1.84. The van der Waals surface area contributed by atoms with Crippen molar-refractivity contribution in [2.45, 2.75) is 11.4 Å². The maximum absolute atomic E-state index is 12.8. The van der Waals surface area contributed by atoms with Crippen molar-refractivity contribution in [1.29, 1.82) is 0 Å². The molecule has 3 aromatic carbocycles. The molecule has 1 N–H and O–H groups in total. The van der Waals surface area contributed by atoms with Crippen LogP contribution in [-0.4, -0.2) is 37.7 Å². The van der Waals surface area contributed by atoms with E-state index in [1.54, 1.807) is 24.3 Å². The van der Waals surface area contributed by atoms with Crippen molar-refractivity contribution in [3.63, 3.8) is 0 Å². The predicted octanol–water partition coefficient (Wildman–Crippen LogP) is 3.68. The first kappa shape index (κ1) is 22.9. The van der Waals surface area contributed by atoms with Gasteiger partial charge in [0.15, 0.2) is 0 Å². The van der Waals surface area contributed by atoms with Gasteiger partial charge in [0.2, 0.25) is 10.0 Å². The molecule has 0 bridgehead atoms. The first-order chi connectivity index (χ1) is 15.2. The van der Waals surface area contributed by atoms with E-state index < -0.39 is 20.9 Å². The fraction of sp³-hybridized carbons (Fsp3) is 0.136. The molecule has 0 radical (unpaired) electrons. The van der Waals surface area contributed by atoms with Gasteiger partial charge in [-0.1, -0.05) is 24.3 Å². The highest BCUT2D eigenvalue weighted by Crippen LogP contribution is 2.25. The Morgan fingerprint density at radius 1 is 1.06 bits per heavy atom. The molecular weight excluding hydrogens is 434 g/mol. The molecule has 0 unspecified atom stereocenters. The molecule has 0 saturated carbocycles. The van der Waals surface area contributed by atoms with Gasteiger partial charge in [0.25, 0.3) is 11.6 Å². The van der Waals surface area contributed by atoms with Crippen LogP contribution in [0.15, 0.2) is 77.7 Å². The van der Waals surface area contributed by atoms with Crippen molar-refractivity contribution in [3.05, 3.63) is 94.0 Å². The van der Waals surface area contributed by atoms with Crippen molar-refractivity contribution in [2.24, 2.45) is 0 Å². The number of amides is 1. The third-order valence-corrected chi connectivity index (χ3v) is 6.52. The summed E-state index contributed by atoms with van der Waals surface area (Å²) < 4.78 is 32.2. The highest BCUT2D eigenvalue weighted by atomic mass is 32.2. The van der Waals surface area contributed by atoms with Crippen molar-refractivity contribution in [3.8, 4) is 5.75 Å². The Kier molecular flexibility index (Phi) is 6.86. The topological polar surface area (TPSA) is 119 Å². The zero-order chi connectivity index (χ0) is 23.3. The minimum Gasteiger partial charge on any atom is -0.496 e. The quantitative estimate of drug-likeness (QED) is 0.409. The maximum atomic E-state index is 12.8. The number of ether oxygens (including phenoxy) is 1. The maximum Gasteiger partial charge on any atom is 0.271 e. The molecule has 166 valence electrons. The Morgan fingerprint density at radius 2 is 1.78 bits per heavy atom. The van der Waals surface area contributed by atoms with Crippen LogP contribution < -0.4 is 10.1 Å². The number of nitrogens with zero attached hydrogens (tertiary/aromatic N) is 2. The first-order valence-corrected chi connectivity index (χ1v) is 10.9. The van der Waals surface area contributed by atoms with Crippen molar-refractivity contribution in [2.75, 3.05) is 19.5 Å². The Bertz CT molecular complexity index is 1250. The Hall–Kier alpha value is -3.76. The minimum atomic E-state index is -3.74. The van der Waals surface area contributed by atoms with Gasteiger partial charge in [-0.2, -0.15) is 4.31 Å². The van der Waals surface area contributed by atoms with Gasteiger partial charge in [0.05, 0.1) is 16.9 Å². The smallest absolute Gasteiger partial charge is 0.271 e. The van der Waals surface area contributed by atoms with Crippen LogP contribution in [-0.2, 0) is 16.6 Å². The lowest BCUT2D eigenvalue weighted by Gasteiger charge is -2.19. The van der Waals surface area contributed by atoms with Crippen LogP contribution in [0.4, 0.5) is 11.4 Å². The summed E-state index contributed by atoms with van der Waals surface area (Å²) in [6.07, 6.45) is 0. The number of nitro benzene ring substituents is 1. The van der Waals surface area contributed by atoms with Crippen molar-refractivity contribution in [1.82, 2.24) is 4.31 Å². The summed E-state index contributed by atoms with van der Waals surface area (Å²) in [5.41, 5.74) is 0.857. The largest absolute Gasteiger partial charge is 0.496 e. The molecule has 9 nitrogen and oxygen atoms in total. The van der Waals surface area contributed by atoms with Crippen molar-refractivity contribution >= 4 is 27.3 Å². The number of benzene rings is 3. The van der Waals surface area contributed by atoms with E-state index in [2.05, 4.69) is 5.32 Å². The average molecular weight is 455 g/mol. The van der Waals surface area contributed by atoms with E-state index >= 15 is 0 Å². The molecule has 10 heteroatoms. The van der Waals surface area contributed by atoms with Gasteiger partial charge in [0.1, 0.15) is 5.75 Å². The van der Waals surface area contributed by atoms with Gasteiger partial charge in [-0.3, -0.25) is 14.9 Å². The standard InChI is InChI=1S/C22H21N3O6S/c1-24(32(29,30)20-9-4-3-5-10-20)15-17-13-16(11-12-21(17)31-2)22(26)23-18-7-6-8-19(14-18)25(27)28/h3-14H,15H2,1-2H3,(H,23,26). The summed E-state index contributed by atoms with van der Waals surface area (Å²) in [4.78, 5) is 23.2. The monoisotopic (exact) mass is 455 g/mol. The zero-order valence-corrected chi connectivity index (χ0v) is 18.2. The molecule has 0 fully saturated rings. The summed E-state index contributed by atoms with van der Waals surface area (Å²) in [6, 6.07) is 18.2. The van der Waals surface area contributed by atoms with Crippen LogP contribution in [0.3, 0.4) is 0 Å². The Morgan fingerprint density at radius 3 is 2.44 bits per heavy atom.